The SMILES string of the molecule is C[C@@H](C(=O)Nc1nccn1Cc1ccccc1)n1cnc2ccccc21. The molecule has 0 spiro atoms. The molecule has 2 heterocycles. The summed E-state index contributed by atoms with van der Waals surface area (Å²) in [5.74, 6) is 0.406. The van der Waals surface area contributed by atoms with Crippen LogP contribution in [0.5, 0.6) is 0 Å². The minimum absolute atomic E-state index is 0.131. The van der Waals surface area contributed by atoms with Gasteiger partial charge >= 0.3 is 0 Å². The average molecular weight is 345 g/mol. The molecule has 2 aromatic carbocycles. The van der Waals surface area contributed by atoms with Crippen molar-refractivity contribution < 1.29 is 4.79 Å². The fraction of sp³-hybridized carbons (Fsp3) is 0.150. The molecule has 0 aliphatic carbocycles. The summed E-state index contributed by atoms with van der Waals surface area (Å²) in [6, 6.07) is 17.4. The molecule has 6 nitrogen and oxygen atoms in total. The number of hydrogen-bond acceptors (Lipinski definition) is 3. The molecule has 0 bridgehead atoms. The van der Waals surface area contributed by atoms with Crippen LogP contribution >= 0.6 is 0 Å². The number of imidazole rings is 2. The zero-order valence-electron chi connectivity index (χ0n) is 14.4. The molecule has 0 saturated heterocycles. The summed E-state index contributed by atoms with van der Waals surface area (Å²) in [5.41, 5.74) is 2.95. The van der Waals surface area contributed by atoms with E-state index in [1.165, 1.54) is 0 Å². The maximum Gasteiger partial charge on any atom is 0.249 e. The third-order valence-electron chi connectivity index (χ3n) is 4.42. The van der Waals surface area contributed by atoms with Crippen molar-refractivity contribution in [3.8, 4) is 0 Å². The van der Waals surface area contributed by atoms with Crippen LogP contribution in [0, 0.1) is 0 Å². The van der Waals surface area contributed by atoms with Crippen molar-refractivity contribution in [2.75, 3.05) is 5.32 Å². The van der Waals surface area contributed by atoms with Gasteiger partial charge in [0.15, 0.2) is 0 Å². The van der Waals surface area contributed by atoms with Gasteiger partial charge in [-0.1, -0.05) is 42.5 Å². The lowest BCUT2D eigenvalue weighted by molar-refractivity contribution is -0.118. The smallest absolute Gasteiger partial charge is 0.249 e. The Morgan fingerprint density at radius 3 is 2.69 bits per heavy atom. The van der Waals surface area contributed by atoms with Crippen LogP contribution in [0.2, 0.25) is 0 Å². The fourth-order valence-electron chi connectivity index (χ4n) is 2.97. The van der Waals surface area contributed by atoms with Crippen LogP contribution in [0.4, 0.5) is 5.95 Å². The molecule has 26 heavy (non-hydrogen) atoms. The van der Waals surface area contributed by atoms with Gasteiger partial charge < -0.3 is 9.13 Å². The van der Waals surface area contributed by atoms with Gasteiger partial charge in [-0.3, -0.25) is 10.1 Å². The second kappa shape index (κ2) is 6.84. The Labute approximate surface area is 151 Å². The van der Waals surface area contributed by atoms with Gasteiger partial charge in [0.1, 0.15) is 6.04 Å². The first-order valence-electron chi connectivity index (χ1n) is 8.50. The highest BCUT2D eigenvalue weighted by Gasteiger charge is 2.19. The van der Waals surface area contributed by atoms with Gasteiger partial charge in [-0.2, -0.15) is 0 Å². The number of benzene rings is 2. The molecule has 4 rings (SSSR count). The maximum atomic E-state index is 12.7. The molecule has 1 N–H and O–H groups in total. The summed E-state index contributed by atoms with van der Waals surface area (Å²) in [5, 5.41) is 2.93. The molecule has 6 heteroatoms. The molecule has 0 saturated carbocycles. The second-order valence-corrected chi connectivity index (χ2v) is 6.17. The van der Waals surface area contributed by atoms with Crippen LogP contribution in [-0.4, -0.2) is 25.0 Å². The Hall–Kier alpha value is -3.41. The van der Waals surface area contributed by atoms with Crippen LogP contribution < -0.4 is 5.32 Å². The molecule has 4 aromatic rings. The standard InChI is InChI=1S/C20H19N5O/c1-15(25-14-22-17-9-5-6-10-18(17)25)19(26)23-20-21-11-12-24(20)13-16-7-3-2-4-8-16/h2-12,14-15H,13H2,1H3,(H,21,23,26)/t15-/m0/s1. The van der Waals surface area contributed by atoms with E-state index in [0.29, 0.717) is 12.5 Å². The molecule has 1 atom stereocenters. The molecule has 0 radical (unpaired) electrons. The fourth-order valence-corrected chi connectivity index (χ4v) is 2.97. The number of aromatic nitrogens is 4. The lowest BCUT2D eigenvalue weighted by Gasteiger charge is -2.15. The largest absolute Gasteiger partial charge is 0.318 e. The predicted molar refractivity (Wildman–Crippen MR) is 101 cm³/mol. The van der Waals surface area contributed by atoms with E-state index in [-0.39, 0.29) is 5.91 Å². The summed E-state index contributed by atoms with van der Waals surface area (Å²) in [4.78, 5) is 21.4. The number of para-hydroxylation sites is 2. The van der Waals surface area contributed by atoms with E-state index in [1.54, 1.807) is 12.5 Å². The second-order valence-electron chi connectivity index (χ2n) is 6.17. The Bertz CT molecular complexity index is 1030. The van der Waals surface area contributed by atoms with Gasteiger partial charge in [0.25, 0.3) is 0 Å². The number of rotatable bonds is 5. The third-order valence-corrected chi connectivity index (χ3v) is 4.42. The Morgan fingerprint density at radius 1 is 1.08 bits per heavy atom. The van der Waals surface area contributed by atoms with Gasteiger partial charge in [0.2, 0.25) is 11.9 Å². The Balaban J connectivity index is 1.53. The lowest BCUT2D eigenvalue weighted by Crippen LogP contribution is -2.25. The number of carbonyl (C=O) groups excluding carboxylic acids is 1. The van der Waals surface area contributed by atoms with Crippen molar-refractivity contribution in [3.63, 3.8) is 0 Å². The minimum atomic E-state index is -0.399. The highest BCUT2D eigenvalue weighted by atomic mass is 16.2. The van der Waals surface area contributed by atoms with Crippen molar-refractivity contribution in [1.29, 1.82) is 0 Å². The summed E-state index contributed by atoms with van der Waals surface area (Å²) >= 11 is 0. The first-order chi connectivity index (χ1) is 12.7. The number of anilines is 1. The number of hydrogen-bond donors (Lipinski definition) is 1. The lowest BCUT2D eigenvalue weighted by atomic mass is 10.2. The number of carbonyl (C=O) groups is 1. The number of fused-ring (bicyclic) bond motifs is 1. The maximum absolute atomic E-state index is 12.7. The van der Waals surface area contributed by atoms with Crippen molar-refractivity contribution in [3.05, 3.63) is 78.9 Å². The molecular formula is C20H19N5O. The topological polar surface area (TPSA) is 64.7 Å². The van der Waals surface area contributed by atoms with E-state index in [2.05, 4.69) is 15.3 Å². The molecular weight excluding hydrogens is 326 g/mol. The van der Waals surface area contributed by atoms with Gasteiger partial charge in [-0.15, -0.1) is 0 Å². The van der Waals surface area contributed by atoms with Crippen molar-refractivity contribution >= 4 is 22.9 Å². The summed E-state index contributed by atoms with van der Waals surface area (Å²) in [6.45, 7) is 2.51. The van der Waals surface area contributed by atoms with E-state index in [0.717, 1.165) is 16.6 Å². The third kappa shape index (κ3) is 3.09. The van der Waals surface area contributed by atoms with Crippen LogP contribution in [0.25, 0.3) is 11.0 Å². The highest BCUT2D eigenvalue weighted by molar-refractivity contribution is 5.93. The van der Waals surface area contributed by atoms with Crippen LogP contribution in [0.1, 0.15) is 18.5 Å². The van der Waals surface area contributed by atoms with E-state index >= 15 is 0 Å². The Morgan fingerprint density at radius 2 is 1.85 bits per heavy atom. The summed E-state index contributed by atoms with van der Waals surface area (Å²) in [6.07, 6.45) is 5.25. The van der Waals surface area contributed by atoms with Gasteiger partial charge in [0.05, 0.1) is 23.9 Å². The summed E-state index contributed by atoms with van der Waals surface area (Å²) in [7, 11) is 0. The summed E-state index contributed by atoms with van der Waals surface area (Å²) < 4.78 is 3.79. The monoisotopic (exact) mass is 345 g/mol. The number of amides is 1. The van der Waals surface area contributed by atoms with Crippen LogP contribution in [0.3, 0.4) is 0 Å². The van der Waals surface area contributed by atoms with Crippen molar-refractivity contribution in [2.45, 2.75) is 19.5 Å². The molecule has 0 aliphatic rings. The number of nitrogens with zero attached hydrogens (tertiary/aromatic N) is 4. The molecule has 0 aliphatic heterocycles. The molecule has 130 valence electrons. The van der Waals surface area contributed by atoms with E-state index < -0.39 is 6.04 Å². The van der Waals surface area contributed by atoms with E-state index in [4.69, 9.17) is 0 Å². The number of nitrogens with one attached hydrogen (secondary N) is 1. The van der Waals surface area contributed by atoms with Gasteiger partial charge in [0, 0.05) is 12.4 Å². The quantitative estimate of drug-likeness (QED) is 0.602. The van der Waals surface area contributed by atoms with Gasteiger partial charge in [-0.25, -0.2) is 9.97 Å². The normalized spacial score (nSPS) is 12.2. The van der Waals surface area contributed by atoms with Crippen LogP contribution in [0.15, 0.2) is 73.3 Å². The van der Waals surface area contributed by atoms with Gasteiger partial charge in [-0.05, 0) is 24.6 Å². The van der Waals surface area contributed by atoms with E-state index in [9.17, 15) is 4.79 Å². The first kappa shape index (κ1) is 16.1. The molecule has 1 amide bonds. The van der Waals surface area contributed by atoms with Crippen molar-refractivity contribution in [1.82, 2.24) is 19.1 Å². The Kier molecular flexibility index (Phi) is 4.23. The minimum Gasteiger partial charge on any atom is -0.318 e. The van der Waals surface area contributed by atoms with Crippen LogP contribution in [-0.2, 0) is 11.3 Å². The molecule has 0 unspecified atom stereocenters. The predicted octanol–water partition coefficient (Wildman–Crippen LogP) is 3.48. The average Bonchev–Trinajstić information content (AvgIpc) is 3.29. The zero-order chi connectivity index (χ0) is 17.9. The molecule has 2 aromatic heterocycles. The zero-order valence-corrected chi connectivity index (χ0v) is 14.4. The van der Waals surface area contributed by atoms with E-state index in [1.807, 2.05) is 76.9 Å². The highest BCUT2D eigenvalue weighted by Crippen LogP contribution is 2.19. The first-order valence-corrected chi connectivity index (χ1v) is 8.50. The van der Waals surface area contributed by atoms with Crippen molar-refractivity contribution in [2.24, 2.45) is 0 Å². The molecule has 0 fully saturated rings.